The van der Waals surface area contributed by atoms with Crippen LogP contribution in [0.2, 0.25) is 0 Å². The lowest BCUT2D eigenvalue weighted by atomic mass is 9.84. The summed E-state index contributed by atoms with van der Waals surface area (Å²) >= 11 is 1.68. The average molecular weight is 447 g/mol. The van der Waals surface area contributed by atoms with Crippen molar-refractivity contribution in [3.8, 4) is 0 Å². The number of aliphatic imine (C=N–C) groups is 1. The smallest absolute Gasteiger partial charge is 0.191 e. The number of aromatic nitrogens is 3. The van der Waals surface area contributed by atoms with Crippen LogP contribution in [-0.4, -0.2) is 47.1 Å². The number of nitrogens with zero attached hydrogens (tertiary/aromatic N) is 4. The van der Waals surface area contributed by atoms with Crippen molar-refractivity contribution in [3.63, 3.8) is 0 Å². The second-order valence-corrected chi connectivity index (χ2v) is 9.53. The van der Waals surface area contributed by atoms with Gasteiger partial charge in [0.1, 0.15) is 11.6 Å². The van der Waals surface area contributed by atoms with Crippen LogP contribution >= 0.6 is 11.8 Å². The van der Waals surface area contributed by atoms with Crippen LogP contribution in [0.3, 0.4) is 0 Å². The minimum Gasteiger partial charge on any atom is -0.356 e. The molecule has 3 rings (SSSR count). The second-order valence-electron chi connectivity index (χ2n) is 8.76. The Labute approximate surface area is 189 Å². The SMILES string of the molecule is CN=C(NCCCc1nnc(SC)n1C1CCCC1)NCC(C)(C)c1cccc(F)c1. The van der Waals surface area contributed by atoms with Crippen LogP contribution in [0.15, 0.2) is 34.4 Å². The van der Waals surface area contributed by atoms with Gasteiger partial charge < -0.3 is 15.2 Å². The van der Waals surface area contributed by atoms with Gasteiger partial charge in [-0.2, -0.15) is 0 Å². The number of benzene rings is 1. The molecule has 1 fully saturated rings. The summed E-state index contributed by atoms with van der Waals surface area (Å²) in [6.07, 6.45) is 8.97. The number of aryl methyl sites for hydroxylation is 1. The molecular formula is C23H35FN6S. The Bertz CT molecular complexity index is 873. The van der Waals surface area contributed by atoms with Gasteiger partial charge in [0.25, 0.3) is 0 Å². The second kappa shape index (κ2) is 11.0. The summed E-state index contributed by atoms with van der Waals surface area (Å²) in [5.41, 5.74) is 0.748. The quantitative estimate of drug-likeness (QED) is 0.260. The molecule has 8 heteroatoms. The highest BCUT2D eigenvalue weighted by Gasteiger charge is 2.24. The predicted octanol–water partition coefficient (Wildman–Crippen LogP) is 4.33. The van der Waals surface area contributed by atoms with Crippen LogP contribution < -0.4 is 10.6 Å². The fourth-order valence-electron chi connectivity index (χ4n) is 4.14. The molecule has 0 bridgehead atoms. The average Bonchev–Trinajstić information content (AvgIpc) is 3.42. The van der Waals surface area contributed by atoms with Crippen molar-refractivity contribution >= 4 is 17.7 Å². The molecule has 0 amide bonds. The summed E-state index contributed by atoms with van der Waals surface area (Å²) in [6, 6.07) is 7.35. The van der Waals surface area contributed by atoms with Crippen molar-refractivity contribution in [2.24, 2.45) is 4.99 Å². The zero-order chi connectivity index (χ0) is 22.3. The van der Waals surface area contributed by atoms with Crippen molar-refractivity contribution in [1.29, 1.82) is 0 Å². The van der Waals surface area contributed by atoms with Crippen molar-refractivity contribution < 1.29 is 4.39 Å². The highest BCUT2D eigenvalue weighted by molar-refractivity contribution is 7.98. The Hall–Kier alpha value is -2.09. The molecule has 1 saturated carbocycles. The van der Waals surface area contributed by atoms with Crippen molar-refractivity contribution in [2.45, 2.75) is 69.0 Å². The molecule has 6 nitrogen and oxygen atoms in total. The molecule has 1 heterocycles. The first-order valence-corrected chi connectivity index (χ1v) is 12.4. The third-order valence-electron chi connectivity index (χ3n) is 6.00. The van der Waals surface area contributed by atoms with E-state index in [0.717, 1.165) is 41.9 Å². The molecule has 0 unspecified atom stereocenters. The third-order valence-corrected chi connectivity index (χ3v) is 6.65. The number of thioether (sulfide) groups is 1. The first-order valence-electron chi connectivity index (χ1n) is 11.1. The van der Waals surface area contributed by atoms with Crippen molar-refractivity contribution in [2.75, 3.05) is 26.4 Å². The first-order chi connectivity index (χ1) is 14.9. The lowest BCUT2D eigenvalue weighted by Crippen LogP contribution is -2.43. The van der Waals surface area contributed by atoms with E-state index in [2.05, 4.69) is 50.5 Å². The van der Waals surface area contributed by atoms with Crippen LogP contribution in [0, 0.1) is 5.82 Å². The van der Waals surface area contributed by atoms with E-state index in [1.165, 1.54) is 31.7 Å². The largest absolute Gasteiger partial charge is 0.356 e. The van der Waals surface area contributed by atoms with Gasteiger partial charge in [-0.15, -0.1) is 10.2 Å². The number of nitrogens with one attached hydrogen (secondary N) is 2. The lowest BCUT2D eigenvalue weighted by Gasteiger charge is -2.27. The highest BCUT2D eigenvalue weighted by Crippen LogP contribution is 2.33. The fourth-order valence-corrected chi connectivity index (χ4v) is 4.71. The van der Waals surface area contributed by atoms with E-state index >= 15 is 0 Å². The molecule has 2 aromatic rings. The summed E-state index contributed by atoms with van der Waals surface area (Å²) in [6.45, 7) is 5.65. The molecule has 0 aliphatic heterocycles. The number of halogens is 1. The number of hydrogen-bond donors (Lipinski definition) is 2. The predicted molar refractivity (Wildman–Crippen MR) is 126 cm³/mol. The maximum absolute atomic E-state index is 13.6. The lowest BCUT2D eigenvalue weighted by molar-refractivity contribution is 0.460. The zero-order valence-electron chi connectivity index (χ0n) is 19.1. The van der Waals surface area contributed by atoms with E-state index in [1.807, 2.05) is 6.07 Å². The third kappa shape index (κ3) is 6.21. The Morgan fingerprint density at radius 3 is 2.71 bits per heavy atom. The van der Waals surface area contributed by atoms with E-state index in [4.69, 9.17) is 0 Å². The molecule has 170 valence electrons. The summed E-state index contributed by atoms with van der Waals surface area (Å²) in [4.78, 5) is 4.33. The van der Waals surface area contributed by atoms with Gasteiger partial charge in [0.15, 0.2) is 11.1 Å². The molecule has 1 aromatic heterocycles. The topological polar surface area (TPSA) is 67.1 Å². The van der Waals surface area contributed by atoms with Gasteiger partial charge in [0, 0.05) is 38.0 Å². The van der Waals surface area contributed by atoms with Gasteiger partial charge in [-0.1, -0.05) is 50.6 Å². The minimum atomic E-state index is -0.217. The molecule has 0 atom stereocenters. The molecule has 2 N–H and O–H groups in total. The molecule has 31 heavy (non-hydrogen) atoms. The molecule has 1 aromatic carbocycles. The van der Waals surface area contributed by atoms with Gasteiger partial charge >= 0.3 is 0 Å². The Morgan fingerprint density at radius 2 is 2.03 bits per heavy atom. The van der Waals surface area contributed by atoms with Crippen LogP contribution in [0.4, 0.5) is 4.39 Å². The maximum Gasteiger partial charge on any atom is 0.191 e. The summed E-state index contributed by atoms with van der Waals surface area (Å²) in [5.74, 6) is 1.64. The molecular weight excluding hydrogens is 411 g/mol. The Morgan fingerprint density at radius 1 is 1.26 bits per heavy atom. The molecule has 1 aliphatic carbocycles. The van der Waals surface area contributed by atoms with Crippen molar-refractivity contribution in [1.82, 2.24) is 25.4 Å². The van der Waals surface area contributed by atoms with Gasteiger partial charge in [-0.25, -0.2) is 4.39 Å². The van der Waals surface area contributed by atoms with Gasteiger partial charge in [0.2, 0.25) is 0 Å². The molecule has 0 radical (unpaired) electrons. The van der Waals surface area contributed by atoms with Crippen LogP contribution in [0.25, 0.3) is 0 Å². The minimum absolute atomic E-state index is 0.205. The molecule has 1 aliphatic rings. The monoisotopic (exact) mass is 446 g/mol. The Balaban J connectivity index is 1.48. The summed E-state index contributed by atoms with van der Waals surface area (Å²) in [7, 11) is 1.77. The van der Waals surface area contributed by atoms with E-state index in [1.54, 1.807) is 30.9 Å². The molecule has 0 spiro atoms. The standard InChI is InChI=1S/C23H35FN6S/c1-23(2,17-9-7-10-18(24)15-17)16-27-21(25-3)26-14-8-13-20-28-29-22(31-4)30(20)19-11-5-6-12-19/h7,9-10,15,19H,5-6,8,11-14,16H2,1-4H3,(H2,25,26,27). The Kier molecular flexibility index (Phi) is 8.35. The first kappa shape index (κ1) is 23.6. The van der Waals surface area contributed by atoms with Crippen LogP contribution in [-0.2, 0) is 11.8 Å². The van der Waals surface area contributed by atoms with Crippen LogP contribution in [0.1, 0.15) is 63.4 Å². The maximum atomic E-state index is 13.6. The van der Waals surface area contributed by atoms with E-state index in [0.29, 0.717) is 12.6 Å². The zero-order valence-corrected chi connectivity index (χ0v) is 19.9. The summed E-state index contributed by atoms with van der Waals surface area (Å²) in [5, 5.41) is 16.7. The highest BCUT2D eigenvalue weighted by atomic mass is 32.2. The van der Waals surface area contributed by atoms with E-state index < -0.39 is 0 Å². The fraction of sp³-hybridized carbons (Fsp3) is 0.609. The van der Waals surface area contributed by atoms with E-state index in [9.17, 15) is 4.39 Å². The normalized spacial score (nSPS) is 15.5. The number of guanidine groups is 1. The molecule has 0 saturated heterocycles. The van der Waals surface area contributed by atoms with Gasteiger partial charge in [-0.3, -0.25) is 4.99 Å². The van der Waals surface area contributed by atoms with Gasteiger partial charge in [0.05, 0.1) is 0 Å². The summed E-state index contributed by atoms with van der Waals surface area (Å²) < 4.78 is 16.0. The van der Waals surface area contributed by atoms with E-state index in [-0.39, 0.29) is 11.2 Å². The van der Waals surface area contributed by atoms with Crippen molar-refractivity contribution in [3.05, 3.63) is 41.5 Å². The van der Waals surface area contributed by atoms with Gasteiger partial charge in [-0.05, 0) is 43.2 Å². The van der Waals surface area contributed by atoms with Crippen LogP contribution in [0.5, 0.6) is 0 Å². The number of rotatable bonds is 9. The number of hydrogen-bond acceptors (Lipinski definition) is 4.